The lowest BCUT2D eigenvalue weighted by atomic mass is 10.4. The largest absolute Gasteiger partial charge is 0.475 e. The molecule has 0 spiro atoms. The van der Waals surface area contributed by atoms with Crippen LogP contribution in [0.15, 0.2) is 24.4 Å². The average molecular weight is 245 g/mol. The van der Waals surface area contributed by atoms with Gasteiger partial charge in [-0.15, -0.1) is 0 Å². The molecular weight excluding hydrogens is 229 g/mol. The predicted molar refractivity (Wildman–Crippen MR) is 59.9 cm³/mol. The summed E-state index contributed by atoms with van der Waals surface area (Å²) < 4.78 is 27.0. The molecule has 1 rings (SSSR count). The Bertz CT molecular complexity index is 334. The third-order valence-corrected chi connectivity index (χ3v) is 3.27. The summed E-state index contributed by atoms with van der Waals surface area (Å²) in [7, 11) is -3.42. The van der Waals surface area contributed by atoms with Crippen LogP contribution < -0.4 is 0 Å². The van der Waals surface area contributed by atoms with E-state index in [4.69, 9.17) is 13.6 Å². The first-order valence-electron chi connectivity index (χ1n) is 5.13. The van der Waals surface area contributed by atoms with Crippen molar-refractivity contribution in [3.05, 3.63) is 30.1 Å². The van der Waals surface area contributed by atoms with E-state index in [0.29, 0.717) is 5.69 Å². The fourth-order valence-corrected chi connectivity index (χ4v) is 2.20. The highest BCUT2D eigenvalue weighted by Gasteiger charge is 2.25. The quantitative estimate of drug-likeness (QED) is 0.691. The molecule has 0 unspecified atom stereocenters. The summed E-state index contributed by atoms with van der Waals surface area (Å²) in [6.07, 6.45) is 1.64. The van der Waals surface area contributed by atoms with Gasteiger partial charge in [-0.2, -0.15) is 0 Å². The van der Waals surface area contributed by atoms with Gasteiger partial charge >= 0.3 is 7.82 Å². The van der Waals surface area contributed by atoms with Gasteiger partial charge in [0, 0.05) is 6.20 Å². The van der Waals surface area contributed by atoms with E-state index in [9.17, 15) is 4.57 Å². The van der Waals surface area contributed by atoms with Crippen molar-refractivity contribution in [1.29, 1.82) is 0 Å². The number of nitrogens with zero attached hydrogens (tertiary/aromatic N) is 1. The van der Waals surface area contributed by atoms with E-state index in [1.165, 1.54) is 0 Å². The Morgan fingerprint density at radius 2 is 1.88 bits per heavy atom. The molecule has 1 aromatic rings. The Hall–Kier alpha value is -0.740. The van der Waals surface area contributed by atoms with E-state index >= 15 is 0 Å². The second kappa shape index (κ2) is 6.76. The molecule has 0 radical (unpaired) electrons. The van der Waals surface area contributed by atoms with Crippen molar-refractivity contribution in [3.63, 3.8) is 0 Å². The molecule has 0 saturated carbocycles. The normalized spacial score (nSPS) is 11.6. The Morgan fingerprint density at radius 1 is 1.19 bits per heavy atom. The van der Waals surface area contributed by atoms with Crippen LogP contribution in [-0.2, 0) is 24.7 Å². The van der Waals surface area contributed by atoms with Crippen molar-refractivity contribution in [1.82, 2.24) is 4.98 Å². The molecule has 1 aromatic heterocycles. The van der Waals surface area contributed by atoms with Gasteiger partial charge in [0.05, 0.1) is 18.9 Å². The van der Waals surface area contributed by atoms with Gasteiger partial charge in [0.2, 0.25) is 0 Å². The molecule has 0 atom stereocenters. The maximum Gasteiger partial charge on any atom is 0.475 e. The van der Waals surface area contributed by atoms with E-state index in [1.54, 1.807) is 32.2 Å². The number of pyridine rings is 1. The third-order valence-electron chi connectivity index (χ3n) is 1.67. The van der Waals surface area contributed by atoms with E-state index in [0.717, 1.165) is 0 Å². The van der Waals surface area contributed by atoms with Crippen LogP contribution in [0.25, 0.3) is 0 Å². The number of phosphoric ester groups is 1. The lowest BCUT2D eigenvalue weighted by Crippen LogP contribution is -2.01. The summed E-state index contributed by atoms with van der Waals surface area (Å²) in [5.41, 5.74) is 0.683. The first kappa shape index (κ1) is 13.3. The topological polar surface area (TPSA) is 57.7 Å². The molecule has 90 valence electrons. The molecule has 1 heterocycles. The molecule has 0 aliphatic heterocycles. The van der Waals surface area contributed by atoms with Gasteiger partial charge in [-0.3, -0.25) is 18.6 Å². The Kier molecular flexibility index (Phi) is 5.63. The van der Waals surface area contributed by atoms with Crippen molar-refractivity contribution in [3.8, 4) is 0 Å². The highest BCUT2D eigenvalue weighted by Crippen LogP contribution is 2.49. The van der Waals surface area contributed by atoms with Gasteiger partial charge in [-0.1, -0.05) is 6.07 Å². The predicted octanol–water partition coefficient (Wildman–Crippen LogP) is 2.78. The SMILES string of the molecule is CCOP(=O)(OCC)OCc1ccccn1. The van der Waals surface area contributed by atoms with Crippen LogP contribution in [0, 0.1) is 0 Å². The van der Waals surface area contributed by atoms with Crippen molar-refractivity contribution < 1.29 is 18.1 Å². The van der Waals surface area contributed by atoms with Gasteiger partial charge in [-0.25, -0.2) is 4.57 Å². The van der Waals surface area contributed by atoms with Crippen LogP contribution in [0.1, 0.15) is 19.5 Å². The van der Waals surface area contributed by atoms with Gasteiger partial charge < -0.3 is 0 Å². The lowest BCUT2D eigenvalue weighted by Gasteiger charge is -2.15. The van der Waals surface area contributed by atoms with Crippen LogP contribution in [0.5, 0.6) is 0 Å². The molecule has 0 saturated heterocycles. The summed E-state index contributed by atoms with van der Waals surface area (Å²) >= 11 is 0. The Labute approximate surface area is 95.4 Å². The summed E-state index contributed by atoms with van der Waals surface area (Å²) in [5.74, 6) is 0. The van der Waals surface area contributed by atoms with Gasteiger partial charge in [0.25, 0.3) is 0 Å². The standard InChI is InChI=1S/C10H16NO4P/c1-3-13-16(12,14-4-2)15-9-10-7-5-6-8-11-10/h5-8H,3-4,9H2,1-2H3. The number of rotatable bonds is 7. The zero-order valence-corrected chi connectivity index (χ0v) is 10.4. The summed E-state index contributed by atoms with van der Waals surface area (Å²) in [6.45, 7) is 4.13. The van der Waals surface area contributed by atoms with Crippen molar-refractivity contribution >= 4 is 7.82 Å². The molecule has 0 aliphatic carbocycles. The first-order chi connectivity index (χ1) is 7.70. The zero-order chi connectivity index (χ0) is 11.9. The van der Waals surface area contributed by atoms with Crippen molar-refractivity contribution in [2.75, 3.05) is 13.2 Å². The molecule has 0 aromatic carbocycles. The van der Waals surface area contributed by atoms with Crippen LogP contribution >= 0.6 is 7.82 Å². The molecular formula is C10H16NO4P. The Balaban J connectivity index is 2.53. The highest BCUT2D eigenvalue weighted by molar-refractivity contribution is 7.48. The maximum absolute atomic E-state index is 11.9. The van der Waals surface area contributed by atoms with E-state index in [1.807, 2.05) is 6.07 Å². The number of phosphoric acid groups is 1. The van der Waals surface area contributed by atoms with Gasteiger partial charge in [0.15, 0.2) is 0 Å². The van der Waals surface area contributed by atoms with Crippen LogP contribution in [0.3, 0.4) is 0 Å². The molecule has 0 amide bonds. The minimum atomic E-state index is -3.42. The summed E-state index contributed by atoms with van der Waals surface area (Å²) in [6, 6.07) is 5.41. The van der Waals surface area contributed by atoms with Gasteiger partial charge in [-0.05, 0) is 26.0 Å². The van der Waals surface area contributed by atoms with E-state index in [-0.39, 0.29) is 19.8 Å². The van der Waals surface area contributed by atoms with E-state index in [2.05, 4.69) is 4.98 Å². The lowest BCUT2D eigenvalue weighted by molar-refractivity contribution is 0.115. The highest BCUT2D eigenvalue weighted by atomic mass is 31.2. The molecule has 5 nitrogen and oxygen atoms in total. The maximum atomic E-state index is 11.9. The number of hydrogen-bond donors (Lipinski definition) is 0. The van der Waals surface area contributed by atoms with Crippen LogP contribution in [-0.4, -0.2) is 18.2 Å². The van der Waals surface area contributed by atoms with Gasteiger partial charge in [0.1, 0.15) is 6.61 Å². The molecule has 0 fully saturated rings. The van der Waals surface area contributed by atoms with E-state index < -0.39 is 7.82 Å². The second-order valence-electron chi connectivity index (χ2n) is 2.88. The Morgan fingerprint density at radius 3 is 2.38 bits per heavy atom. The molecule has 0 bridgehead atoms. The fraction of sp³-hybridized carbons (Fsp3) is 0.500. The molecule has 0 aliphatic rings. The van der Waals surface area contributed by atoms with Crippen molar-refractivity contribution in [2.24, 2.45) is 0 Å². The molecule has 16 heavy (non-hydrogen) atoms. The van der Waals surface area contributed by atoms with Crippen molar-refractivity contribution in [2.45, 2.75) is 20.5 Å². The number of hydrogen-bond acceptors (Lipinski definition) is 5. The minimum Gasteiger partial charge on any atom is -0.287 e. The monoisotopic (exact) mass is 245 g/mol. The average Bonchev–Trinajstić information content (AvgIpc) is 2.29. The second-order valence-corrected chi connectivity index (χ2v) is 4.55. The van der Waals surface area contributed by atoms with Crippen LogP contribution in [0.4, 0.5) is 0 Å². The summed E-state index contributed by atoms with van der Waals surface area (Å²) in [4.78, 5) is 4.04. The third kappa shape index (κ3) is 4.41. The first-order valence-corrected chi connectivity index (χ1v) is 6.60. The molecule has 0 N–H and O–H groups in total. The van der Waals surface area contributed by atoms with Crippen LogP contribution in [0.2, 0.25) is 0 Å². The zero-order valence-electron chi connectivity index (χ0n) is 9.46. The molecule has 6 heteroatoms. The number of aromatic nitrogens is 1. The minimum absolute atomic E-state index is 0.109. The fourth-order valence-electron chi connectivity index (χ4n) is 1.06. The summed E-state index contributed by atoms with van der Waals surface area (Å²) in [5, 5.41) is 0. The smallest absolute Gasteiger partial charge is 0.287 e.